The van der Waals surface area contributed by atoms with Gasteiger partial charge in [-0.2, -0.15) is 9.97 Å². The third-order valence-corrected chi connectivity index (χ3v) is 8.21. The van der Waals surface area contributed by atoms with Gasteiger partial charge in [0.15, 0.2) is 5.82 Å². The molecule has 41 heavy (non-hydrogen) atoms. The Morgan fingerprint density at radius 1 is 1.00 bits per heavy atom. The first-order valence-corrected chi connectivity index (χ1v) is 14.1. The van der Waals surface area contributed by atoms with Crippen molar-refractivity contribution in [1.82, 2.24) is 25.3 Å². The van der Waals surface area contributed by atoms with Gasteiger partial charge in [0.05, 0.1) is 19.1 Å². The molecule has 3 aromatic heterocycles. The first-order valence-electron chi connectivity index (χ1n) is 13.7. The van der Waals surface area contributed by atoms with E-state index in [-0.39, 0.29) is 17.2 Å². The molecule has 0 radical (unpaired) electrons. The molecule has 2 aliphatic rings. The fraction of sp³-hybridized carbons (Fsp3) is 0.290. The Bertz CT molecular complexity index is 1730. The van der Waals surface area contributed by atoms with Crippen LogP contribution in [0.15, 0.2) is 60.9 Å². The molecule has 1 N–H and O–H groups in total. The van der Waals surface area contributed by atoms with Crippen LogP contribution in [0.25, 0.3) is 32.9 Å². The summed E-state index contributed by atoms with van der Waals surface area (Å²) in [5, 5.41) is 6.40. The average molecular weight is 571 g/mol. The van der Waals surface area contributed by atoms with Crippen molar-refractivity contribution in [2.75, 3.05) is 31.7 Å². The molecule has 0 spiro atoms. The number of aromatic nitrogens is 4. The van der Waals surface area contributed by atoms with Gasteiger partial charge >= 0.3 is 6.01 Å². The van der Waals surface area contributed by atoms with Crippen LogP contribution in [0, 0.1) is 5.82 Å². The number of nitrogens with one attached hydrogen (secondary N) is 1. The summed E-state index contributed by atoms with van der Waals surface area (Å²) in [4.78, 5) is 20.4. The molecule has 0 aliphatic carbocycles. The van der Waals surface area contributed by atoms with Crippen LogP contribution in [0.4, 0.5) is 10.2 Å². The van der Waals surface area contributed by atoms with Gasteiger partial charge in [-0.1, -0.05) is 48.0 Å². The number of ether oxygens (including phenoxy) is 2. The van der Waals surface area contributed by atoms with Crippen LogP contribution in [-0.2, 0) is 6.42 Å². The minimum atomic E-state index is -0.527. The van der Waals surface area contributed by atoms with E-state index in [9.17, 15) is 0 Å². The Balaban J connectivity index is 1.29. The molecule has 5 heterocycles. The van der Waals surface area contributed by atoms with Crippen molar-refractivity contribution in [3.8, 4) is 23.1 Å². The summed E-state index contributed by atoms with van der Waals surface area (Å²) in [6.07, 6.45) is 6.24. The molecule has 2 aliphatic heterocycles. The molecule has 2 fully saturated rings. The average Bonchev–Trinajstić information content (AvgIpc) is 3.34. The summed E-state index contributed by atoms with van der Waals surface area (Å²) >= 11 is 6.57. The molecular weight excluding hydrogens is 543 g/mol. The smallest absolute Gasteiger partial charge is 0.319 e. The maximum absolute atomic E-state index is 16.5. The van der Waals surface area contributed by atoms with Crippen molar-refractivity contribution in [3.05, 3.63) is 77.3 Å². The molecule has 2 atom stereocenters. The normalized spacial score (nSPS) is 18.3. The second-order valence-corrected chi connectivity index (χ2v) is 10.9. The molecule has 2 bridgehead atoms. The highest BCUT2D eigenvalue weighted by Crippen LogP contribution is 2.38. The van der Waals surface area contributed by atoms with Gasteiger partial charge in [0, 0.05) is 66.0 Å². The summed E-state index contributed by atoms with van der Waals surface area (Å²) < 4.78 is 27.6. The van der Waals surface area contributed by atoms with Gasteiger partial charge in [-0.25, -0.2) is 9.37 Å². The lowest BCUT2D eigenvalue weighted by Gasteiger charge is -2.34. The number of rotatable bonds is 7. The van der Waals surface area contributed by atoms with Crippen LogP contribution >= 0.6 is 11.6 Å². The molecule has 8 nitrogen and oxygen atoms in total. The van der Waals surface area contributed by atoms with Crippen LogP contribution in [0.1, 0.15) is 18.4 Å². The third-order valence-electron chi connectivity index (χ3n) is 7.90. The Morgan fingerprint density at radius 3 is 2.56 bits per heavy atom. The molecule has 0 saturated carbocycles. The SMILES string of the molecule is COc1ccc(CCOc2nc(N3C[C@H]4CC[C@@H](C3)N4)c3cnc(-c4cccc5cccc(Cl)c45)c(F)c3n2)cn1. The predicted molar refractivity (Wildman–Crippen MR) is 157 cm³/mol. The highest BCUT2D eigenvalue weighted by atomic mass is 35.5. The van der Waals surface area contributed by atoms with Crippen molar-refractivity contribution >= 4 is 39.1 Å². The molecule has 7 rings (SSSR count). The zero-order chi connectivity index (χ0) is 27.9. The standard InChI is InChI=1S/C31H28ClFN6O2/c1-40-25-11-8-18(14-34-25)12-13-41-31-37-29-23(30(38-31)39-16-20-9-10-21(17-39)36-20)15-35-28(27(29)33)22-6-2-4-19-5-3-7-24(32)26(19)22/h2-8,11,14-15,20-21,36H,9-10,12-13,16-17H2,1H3/t20-,21+. The first kappa shape index (κ1) is 25.9. The van der Waals surface area contributed by atoms with Gasteiger partial charge in [-0.05, 0) is 29.9 Å². The van der Waals surface area contributed by atoms with Gasteiger partial charge in [0.1, 0.15) is 17.0 Å². The lowest BCUT2D eigenvalue weighted by molar-refractivity contribution is 0.297. The maximum atomic E-state index is 16.5. The van der Waals surface area contributed by atoms with Crippen LogP contribution in [-0.4, -0.2) is 58.8 Å². The lowest BCUT2D eigenvalue weighted by Crippen LogP contribution is -2.51. The summed E-state index contributed by atoms with van der Waals surface area (Å²) in [6, 6.07) is 15.9. The Labute approximate surface area is 241 Å². The van der Waals surface area contributed by atoms with E-state index >= 15 is 4.39 Å². The first-order chi connectivity index (χ1) is 20.1. The fourth-order valence-corrected chi connectivity index (χ4v) is 6.20. The molecule has 0 amide bonds. The Kier molecular flexibility index (Phi) is 6.76. The predicted octanol–water partition coefficient (Wildman–Crippen LogP) is 5.60. The van der Waals surface area contributed by atoms with E-state index in [1.807, 2.05) is 42.5 Å². The highest BCUT2D eigenvalue weighted by Gasteiger charge is 2.34. The van der Waals surface area contributed by atoms with Crippen LogP contribution < -0.4 is 19.7 Å². The molecule has 2 aromatic carbocycles. The maximum Gasteiger partial charge on any atom is 0.319 e. The second-order valence-electron chi connectivity index (χ2n) is 10.5. The van der Waals surface area contributed by atoms with E-state index in [2.05, 4.69) is 25.2 Å². The fourth-order valence-electron chi connectivity index (χ4n) is 5.92. The molecule has 5 aromatic rings. The topological polar surface area (TPSA) is 85.3 Å². The number of halogens is 2. The van der Waals surface area contributed by atoms with Gasteiger partial charge in [0.25, 0.3) is 0 Å². The number of fused-ring (bicyclic) bond motifs is 4. The molecule has 0 unspecified atom stereocenters. The number of hydrogen-bond acceptors (Lipinski definition) is 8. The van der Waals surface area contributed by atoms with E-state index in [0.29, 0.717) is 52.8 Å². The third kappa shape index (κ3) is 4.89. The number of methoxy groups -OCH3 is 1. The largest absolute Gasteiger partial charge is 0.481 e. The van der Waals surface area contributed by atoms with E-state index in [4.69, 9.17) is 26.1 Å². The van der Waals surface area contributed by atoms with Gasteiger partial charge in [0.2, 0.25) is 5.88 Å². The molecule has 2 saturated heterocycles. The highest BCUT2D eigenvalue weighted by molar-refractivity contribution is 6.36. The monoisotopic (exact) mass is 570 g/mol. The summed E-state index contributed by atoms with van der Waals surface area (Å²) in [5.41, 5.74) is 1.96. The number of hydrogen-bond donors (Lipinski definition) is 1. The number of anilines is 1. The minimum Gasteiger partial charge on any atom is -0.481 e. The van der Waals surface area contributed by atoms with Gasteiger partial charge in [-0.3, -0.25) is 4.98 Å². The Hall–Kier alpha value is -4.08. The molecule has 10 heteroatoms. The summed E-state index contributed by atoms with van der Waals surface area (Å²) in [6.45, 7) is 1.87. The van der Waals surface area contributed by atoms with Crippen molar-refractivity contribution in [2.24, 2.45) is 0 Å². The van der Waals surface area contributed by atoms with Crippen LogP contribution in [0.5, 0.6) is 11.9 Å². The van der Waals surface area contributed by atoms with Crippen molar-refractivity contribution in [3.63, 3.8) is 0 Å². The molecular formula is C31H28ClFN6O2. The van der Waals surface area contributed by atoms with Crippen molar-refractivity contribution < 1.29 is 13.9 Å². The van der Waals surface area contributed by atoms with E-state index < -0.39 is 5.82 Å². The van der Waals surface area contributed by atoms with Crippen molar-refractivity contribution in [1.29, 1.82) is 0 Å². The van der Waals surface area contributed by atoms with E-state index in [1.165, 1.54) is 0 Å². The summed E-state index contributed by atoms with van der Waals surface area (Å²) in [5.74, 6) is 0.666. The number of benzene rings is 2. The van der Waals surface area contributed by atoms with E-state index in [1.54, 1.807) is 25.6 Å². The van der Waals surface area contributed by atoms with Crippen LogP contribution in [0.3, 0.4) is 0 Å². The quantitative estimate of drug-likeness (QED) is 0.270. The molecule has 208 valence electrons. The van der Waals surface area contributed by atoms with Crippen LogP contribution in [0.2, 0.25) is 5.02 Å². The number of piperazine rings is 1. The Morgan fingerprint density at radius 2 is 1.80 bits per heavy atom. The van der Waals surface area contributed by atoms with E-state index in [0.717, 1.165) is 42.3 Å². The second kappa shape index (κ2) is 10.7. The number of pyridine rings is 2. The van der Waals surface area contributed by atoms with Crippen molar-refractivity contribution in [2.45, 2.75) is 31.3 Å². The summed E-state index contributed by atoms with van der Waals surface area (Å²) in [7, 11) is 1.58. The van der Waals surface area contributed by atoms with Gasteiger partial charge in [-0.15, -0.1) is 0 Å². The lowest BCUT2D eigenvalue weighted by atomic mass is 10.0. The zero-order valence-corrected chi connectivity index (χ0v) is 23.2. The zero-order valence-electron chi connectivity index (χ0n) is 22.5. The number of nitrogens with zero attached hydrogens (tertiary/aromatic N) is 5. The minimum absolute atomic E-state index is 0.131. The van der Waals surface area contributed by atoms with Gasteiger partial charge < -0.3 is 19.7 Å².